The van der Waals surface area contributed by atoms with Crippen LogP contribution in [0.15, 0.2) is 36.4 Å². The number of likely N-dealkylation sites (N-methyl/N-ethyl adjacent to an activating group) is 2. The van der Waals surface area contributed by atoms with Gasteiger partial charge < -0.3 is 60.7 Å². The molecule has 2 aliphatic rings. The summed E-state index contributed by atoms with van der Waals surface area (Å²) in [5, 5.41) is 35.1. The van der Waals surface area contributed by atoms with E-state index < -0.39 is 94.9 Å². The summed E-state index contributed by atoms with van der Waals surface area (Å²) in [4.78, 5) is 65.6. The number of ether oxygens (including phenoxy) is 2. The fourth-order valence-corrected chi connectivity index (χ4v) is 8.75. The van der Waals surface area contributed by atoms with Crippen LogP contribution < -0.4 is 21.3 Å². The van der Waals surface area contributed by atoms with Crippen molar-refractivity contribution in [1.82, 2.24) is 41.0 Å². The summed E-state index contributed by atoms with van der Waals surface area (Å²) in [5.74, 6) is -2.70. The molecule has 18 heteroatoms. The average Bonchev–Trinajstić information content (AvgIpc) is 4.02. The normalized spacial score (nSPS) is 21.3. The highest BCUT2D eigenvalue weighted by molar-refractivity contribution is 5.97. The van der Waals surface area contributed by atoms with Gasteiger partial charge in [0.1, 0.15) is 23.7 Å². The molecule has 4 aromatic rings. The van der Waals surface area contributed by atoms with Gasteiger partial charge in [-0.25, -0.2) is 8.78 Å². The van der Waals surface area contributed by atoms with Gasteiger partial charge in [-0.3, -0.25) is 19.2 Å². The minimum atomic E-state index is -1.09. The smallest absolute Gasteiger partial charge is 0.248 e. The molecule has 0 spiro atoms. The molecule has 8 atom stereocenters. The van der Waals surface area contributed by atoms with Gasteiger partial charge in [0.15, 0.2) is 0 Å². The number of aliphatic hydroxyl groups is 2. The highest BCUT2D eigenvalue weighted by Crippen LogP contribution is 2.40. The van der Waals surface area contributed by atoms with Gasteiger partial charge in [-0.1, -0.05) is 0 Å². The molecule has 6 rings (SSSR count). The first-order chi connectivity index (χ1) is 30.1. The molecule has 2 aliphatic heterocycles. The molecule has 350 valence electrons. The van der Waals surface area contributed by atoms with E-state index >= 15 is 0 Å². The number of H-pyrrole nitrogens is 2. The zero-order chi connectivity index (χ0) is 47.0. The fraction of sp³-hybridized carbons (Fsp3) is 0.565. The van der Waals surface area contributed by atoms with E-state index in [1.54, 1.807) is 77.6 Å². The molecule has 0 radical (unpaired) electrons. The third-order valence-corrected chi connectivity index (χ3v) is 13.4. The standard InChI is InChI=1S/C46H64F2N8O8/c1-23(63-9)37(53-43(61)45(3,4)49-7)41(59)55-21-29(57)17-27(55)19-33-31-13-11-25(47)15-35(31)51-39(33)40-34(32-14-12-26(48)16-36(32)52-40)20-28-18-30(58)22-56(28)42(60)38(24(2)64-10)54-44(62)46(5,6)50-8/h11-16,23-24,27-30,37-38,49-52,57-58H,17-22H2,1-10H3,(H,53,61)(H,54,62)/t23-,24-,27+,28+,29+,30+,37+,38+/m1/s1. The van der Waals surface area contributed by atoms with Crippen LogP contribution in [0.25, 0.3) is 33.2 Å². The van der Waals surface area contributed by atoms with Gasteiger partial charge in [-0.15, -0.1) is 0 Å². The summed E-state index contributed by atoms with van der Waals surface area (Å²) in [7, 11) is 6.18. The number of methoxy groups -OCH3 is 2. The number of carbonyl (C=O) groups is 4. The second-order valence-corrected chi connectivity index (χ2v) is 18.3. The van der Waals surface area contributed by atoms with Crippen molar-refractivity contribution < 1.29 is 47.6 Å². The van der Waals surface area contributed by atoms with E-state index in [9.17, 15) is 38.2 Å². The average molecular weight is 895 g/mol. The predicted molar refractivity (Wildman–Crippen MR) is 238 cm³/mol. The topological polar surface area (TPSA) is 213 Å². The molecule has 8 N–H and O–H groups in total. The summed E-state index contributed by atoms with van der Waals surface area (Å²) < 4.78 is 41.0. The van der Waals surface area contributed by atoms with Crippen LogP contribution >= 0.6 is 0 Å². The van der Waals surface area contributed by atoms with Gasteiger partial charge >= 0.3 is 0 Å². The van der Waals surface area contributed by atoms with Gasteiger partial charge in [0, 0.05) is 61.2 Å². The second kappa shape index (κ2) is 19.2. The van der Waals surface area contributed by atoms with E-state index in [0.29, 0.717) is 44.3 Å². The number of β-amino-alcohol motifs (C(OH)–C–C–N with tert-alkyl or cyclic N) is 2. The van der Waals surface area contributed by atoms with E-state index in [4.69, 9.17) is 9.47 Å². The summed E-state index contributed by atoms with van der Waals surface area (Å²) >= 11 is 0. The number of hydrogen-bond donors (Lipinski definition) is 8. The number of rotatable bonds is 17. The Labute approximate surface area is 372 Å². The first-order valence-corrected chi connectivity index (χ1v) is 21.8. The zero-order valence-electron chi connectivity index (χ0n) is 38.3. The molecule has 0 aliphatic carbocycles. The Morgan fingerprint density at radius 1 is 0.703 bits per heavy atom. The van der Waals surface area contributed by atoms with Crippen LogP contribution in [-0.4, -0.2) is 155 Å². The molecule has 64 heavy (non-hydrogen) atoms. The molecule has 0 bridgehead atoms. The zero-order valence-corrected chi connectivity index (χ0v) is 38.3. The van der Waals surface area contributed by atoms with Crippen molar-refractivity contribution in [2.45, 2.75) is 127 Å². The first kappa shape index (κ1) is 48.5. The van der Waals surface area contributed by atoms with Crippen LogP contribution in [-0.2, 0) is 41.5 Å². The number of aliphatic hydroxyl groups excluding tert-OH is 2. The van der Waals surface area contributed by atoms with E-state index in [1.165, 1.54) is 38.5 Å². The molecule has 16 nitrogen and oxygen atoms in total. The number of hydrogen-bond acceptors (Lipinski definition) is 10. The molecule has 0 saturated carbocycles. The quantitative estimate of drug-likeness (QED) is 0.0777. The summed E-state index contributed by atoms with van der Waals surface area (Å²) in [6, 6.07) is 5.33. The number of nitrogens with zero attached hydrogens (tertiary/aromatic N) is 2. The van der Waals surface area contributed by atoms with Crippen LogP contribution in [0.1, 0.15) is 65.5 Å². The Morgan fingerprint density at radius 2 is 1.06 bits per heavy atom. The Kier molecular flexibility index (Phi) is 14.6. The molecule has 4 heterocycles. The van der Waals surface area contributed by atoms with Crippen LogP contribution in [0.4, 0.5) is 8.78 Å². The van der Waals surface area contributed by atoms with E-state index in [0.717, 1.165) is 0 Å². The number of aromatic nitrogens is 2. The van der Waals surface area contributed by atoms with E-state index in [1.807, 2.05) is 0 Å². The minimum Gasteiger partial charge on any atom is -0.391 e. The lowest BCUT2D eigenvalue weighted by Gasteiger charge is -2.34. The summed E-state index contributed by atoms with van der Waals surface area (Å²) in [5.41, 5.74) is 1.30. The molecule has 4 amide bonds. The molecule has 0 unspecified atom stereocenters. The number of benzene rings is 2. The predicted octanol–water partition coefficient (Wildman–Crippen LogP) is 2.64. The molecule has 2 aromatic heterocycles. The van der Waals surface area contributed by atoms with Crippen LogP contribution in [0.2, 0.25) is 0 Å². The molecule has 2 aromatic carbocycles. The number of fused-ring (bicyclic) bond motifs is 2. The number of nitrogens with one attached hydrogen (secondary N) is 6. The van der Waals surface area contributed by atoms with Crippen molar-refractivity contribution in [3.05, 3.63) is 59.2 Å². The van der Waals surface area contributed by atoms with Gasteiger partial charge in [-0.05, 0) is 129 Å². The minimum absolute atomic E-state index is 0.00554. The van der Waals surface area contributed by atoms with Crippen molar-refractivity contribution in [1.29, 1.82) is 0 Å². The van der Waals surface area contributed by atoms with Crippen LogP contribution in [0.3, 0.4) is 0 Å². The van der Waals surface area contributed by atoms with E-state index in [-0.39, 0.29) is 38.8 Å². The fourth-order valence-electron chi connectivity index (χ4n) is 8.75. The van der Waals surface area contributed by atoms with Crippen molar-refractivity contribution in [2.75, 3.05) is 41.4 Å². The number of carbonyl (C=O) groups excluding carboxylic acids is 4. The van der Waals surface area contributed by atoms with Crippen molar-refractivity contribution >= 4 is 45.4 Å². The van der Waals surface area contributed by atoms with Crippen molar-refractivity contribution in [3.8, 4) is 11.4 Å². The summed E-state index contributed by atoms with van der Waals surface area (Å²) in [6.07, 6.45) is -2.45. The Balaban J connectivity index is 1.42. The van der Waals surface area contributed by atoms with Gasteiger partial charge in [-0.2, -0.15) is 0 Å². The Hall–Kier alpha value is -4.98. The van der Waals surface area contributed by atoms with Crippen LogP contribution in [0.5, 0.6) is 0 Å². The number of aromatic amines is 2. The lowest BCUT2D eigenvalue weighted by atomic mass is 9.94. The van der Waals surface area contributed by atoms with Crippen molar-refractivity contribution in [2.24, 2.45) is 0 Å². The molecule has 2 saturated heterocycles. The van der Waals surface area contributed by atoms with Gasteiger partial charge in [0.2, 0.25) is 23.6 Å². The largest absolute Gasteiger partial charge is 0.391 e. The highest BCUT2D eigenvalue weighted by atomic mass is 19.1. The SMILES string of the molecule is CNC(C)(C)C(=O)N[C@H](C(=O)N1C[C@@H](O)C[C@H]1Cc1c(-c2[nH]c3cc(F)ccc3c2C[C@@H]2C[C@H](O)CN2C(=O)[C@@H](NC(=O)C(C)(C)NC)[C@@H](C)OC)[nH]c2cc(F)ccc12)[C@@H](C)OC. The third-order valence-electron chi connectivity index (χ3n) is 13.4. The Morgan fingerprint density at radius 3 is 1.39 bits per heavy atom. The van der Waals surface area contributed by atoms with Gasteiger partial charge in [0.25, 0.3) is 0 Å². The second-order valence-electron chi connectivity index (χ2n) is 18.3. The molecular weight excluding hydrogens is 831 g/mol. The molecule has 2 fully saturated rings. The maximum atomic E-state index is 14.9. The third kappa shape index (κ3) is 9.82. The molecular formula is C46H64F2N8O8. The van der Waals surface area contributed by atoms with Crippen molar-refractivity contribution in [3.63, 3.8) is 0 Å². The Bertz CT molecular complexity index is 2200. The lowest BCUT2D eigenvalue weighted by Crippen LogP contribution is -2.61. The monoisotopic (exact) mass is 894 g/mol. The number of likely N-dealkylation sites (tertiary alicyclic amines) is 2. The van der Waals surface area contributed by atoms with Crippen LogP contribution in [0, 0.1) is 11.6 Å². The number of amides is 4. The van der Waals surface area contributed by atoms with Gasteiger partial charge in [0.05, 0.1) is 46.9 Å². The maximum Gasteiger partial charge on any atom is 0.248 e. The maximum absolute atomic E-state index is 14.9. The summed E-state index contributed by atoms with van der Waals surface area (Å²) in [6.45, 7) is 10.1. The highest BCUT2D eigenvalue weighted by Gasteiger charge is 2.44. The number of halogens is 2. The van der Waals surface area contributed by atoms with E-state index in [2.05, 4.69) is 31.2 Å². The first-order valence-electron chi connectivity index (χ1n) is 21.8. The lowest BCUT2D eigenvalue weighted by molar-refractivity contribution is -0.142.